The van der Waals surface area contributed by atoms with Gasteiger partial charge in [0.25, 0.3) is 0 Å². The summed E-state index contributed by atoms with van der Waals surface area (Å²) in [6, 6.07) is 7.25. The van der Waals surface area contributed by atoms with Crippen LogP contribution in [0.1, 0.15) is 11.5 Å². The largest absolute Gasteiger partial charge is 0.441 e. The highest BCUT2D eigenvalue weighted by Gasteiger charge is 2.10. The molecule has 3 nitrogen and oxygen atoms in total. The van der Waals surface area contributed by atoms with Crippen LogP contribution in [0.25, 0.3) is 11.5 Å². The Hall–Kier alpha value is -1.61. The zero-order chi connectivity index (χ0) is 11.5. The van der Waals surface area contributed by atoms with Crippen LogP contribution in [0.3, 0.4) is 0 Å². The molecule has 0 fully saturated rings. The van der Waals surface area contributed by atoms with Gasteiger partial charge < -0.3 is 9.21 Å². The lowest BCUT2D eigenvalue weighted by Crippen LogP contribution is -1.88. The fourth-order valence-corrected chi connectivity index (χ4v) is 1.63. The van der Waals surface area contributed by atoms with Crippen LogP contribution in [0, 0.1) is 6.92 Å². The fourth-order valence-electron chi connectivity index (χ4n) is 1.44. The predicted octanol–water partition coefficient (Wildman–Crippen LogP) is 3.04. The Labute approximate surface area is 98.1 Å². The molecule has 0 spiro atoms. The number of hydrogen-bond acceptors (Lipinski definition) is 3. The molecule has 0 aliphatic rings. The average Bonchev–Trinajstić information content (AvgIpc) is 2.61. The van der Waals surface area contributed by atoms with Gasteiger partial charge in [0.1, 0.15) is 12.0 Å². The third-order valence-electron chi connectivity index (χ3n) is 2.24. The van der Waals surface area contributed by atoms with E-state index >= 15 is 0 Å². The molecule has 16 heavy (non-hydrogen) atoms. The number of hydrogen-bond donors (Lipinski definition) is 0. The average molecular weight is 236 g/mol. The normalized spacial score (nSPS) is 10.4. The number of rotatable bonds is 3. The molecule has 0 atom stereocenters. The van der Waals surface area contributed by atoms with E-state index in [0.717, 1.165) is 11.8 Å². The van der Waals surface area contributed by atoms with Gasteiger partial charge in [0.2, 0.25) is 5.89 Å². The number of aryl methyl sites for hydroxylation is 1. The van der Waals surface area contributed by atoms with Crippen molar-refractivity contribution in [3.8, 4) is 11.5 Å². The number of benzene rings is 1. The molecule has 0 bridgehead atoms. The Morgan fingerprint density at radius 1 is 1.50 bits per heavy atom. The van der Waals surface area contributed by atoms with Crippen molar-refractivity contribution in [1.29, 1.82) is 0 Å². The molecule has 1 heterocycles. The lowest BCUT2D eigenvalue weighted by Gasteiger charge is -1.94. The zero-order valence-corrected chi connectivity index (χ0v) is 9.49. The van der Waals surface area contributed by atoms with Crippen LogP contribution in [0.2, 0.25) is 5.02 Å². The van der Waals surface area contributed by atoms with Crippen molar-refractivity contribution in [1.82, 2.24) is 4.98 Å². The predicted molar refractivity (Wildman–Crippen MR) is 61.5 cm³/mol. The van der Waals surface area contributed by atoms with Gasteiger partial charge in [0.15, 0.2) is 0 Å². The molecular formula is C12H10ClNO2. The topological polar surface area (TPSA) is 43.1 Å². The summed E-state index contributed by atoms with van der Waals surface area (Å²) < 4.78 is 5.48. The van der Waals surface area contributed by atoms with E-state index in [1.54, 1.807) is 19.1 Å². The highest BCUT2D eigenvalue weighted by atomic mass is 35.5. The van der Waals surface area contributed by atoms with Crippen LogP contribution in [0.4, 0.5) is 0 Å². The number of carbonyl (C=O) groups excluding carboxylic acids is 1. The maximum Gasteiger partial charge on any atom is 0.226 e. The van der Waals surface area contributed by atoms with E-state index < -0.39 is 0 Å². The zero-order valence-electron chi connectivity index (χ0n) is 8.74. The SMILES string of the molecule is Cc1oc(-c2cccc(Cl)c2)nc1CC=O. The van der Waals surface area contributed by atoms with E-state index in [1.165, 1.54) is 0 Å². The molecule has 0 N–H and O–H groups in total. The van der Waals surface area contributed by atoms with Crippen molar-refractivity contribution in [3.63, 3.8) is 0 Å². The Morgan fingerprint density at radius 2 is 2.31 bits per heavy atom. The molecule has 82 valence electrons. The molecule has 1 aromatic carbocycles. The molecular weight excluding hydrogens is 226 g/mol. The van der Waals surface area contributed by atoms with E-state index in [0.29, 0.717) is 22.4 Å². The molecule has 0 amide bonds. The smallest absolute Gasteiger partial charge is 0.226 e. The first-order valence-electron chi connectivity index (χ1n) is 4.86. The Morgan fingerprint density at radius 3 is 3.00 bits per heavy atom. The second kappa shape index (κ2) is 4.49. The summed E-state index contributed by atoms with van der Waals surface area (Å²) in [5.74, 6) is 1.17. The molecule has 2 aromatic rings. The number of aromatic nitrogens is 1. The summed E-state index contributed by atoms with van der Waals surface area (Å²) in [5, 5.41) is 0.630. The molecule has 4 heteroatoms. The van der Waals surface area contributed by atoms with Gasteiger partial charge in [-0.3, -0.25) is 0 Å². The van der Waals surface area contributed by atoms with Crippen molar-refractivity contribution in [3.05, 3.63) is 40.7 Å². The number of halogens is 1. The summed E-state index contributed by atoms with van der Waals surface area (Å²) in [7, 11) is 0. The lowest BCUT2D eigenvalue weighted by molar-refractivity contribution is -0.107. The van der Waals surface area contributed by atoms with Gasteiger partial charge in [-0.25, -0.2) is 4.98 Å². The molecule has 0 aliphatic carbocycles. The van der Waals surface area contributed by atoms with Gasteiger partial charge in [-0.15, -0.1) is 0 Å². The Bertz CT molecular complexity index is 519. The maximum absolute atomic E-state index is 10.4. The lowest BCUT2D eigenvalue weighted by atomic mass is 10.2. The molecule has 0 saturated heterocycles. The van der Waals surface area contributed by atoms with Crippen LogP contribution in [0.5, 0.6) is 0 Å². The monoisotopic (exact) mass is 235 g/mol. The minimum absolute atomic E-state index is 0.274. The number of nitrogens with zero attached hydrogens (tertiary/aromatic N) is 1. The van der Waals surface area contributed by atoms with Crippen LogP contribution in [-0.2, 0) is 11.2 Å². The van der Waals surface area contributed by atoms with Crippen molar-refractivity contribution in [2.45, 2.75) is 13.3 Å². The van der Waals surface area contributed by atoms with E-state index in [1.807, 2.05) is 12.1 Å². The second-order valence-electron chi connectivity index (χ2n) is 3.40. The molecule has 0 unspecified atom stereocenters. The van der Waals surface area contributed by atoms with Crippen LogP contribution >= 0.6 is 11.6 Å². The number of carbonyl (C=O) groups is 1. The first-order chi connectivity index (χ1) is 7.70. The highest BCUT2D eigenvalue weighted by Crippen LogP contribution is 2.24. The van der Waals surface area contributed by atoms with Gasteiger partial charge in [-0.1, -0.05) is 17.7 Å². The summed E-state index contributed by atoms with van der Waals surface area (Å²) >= 11 is 5.88. The van der Waals surface area contributed by atoms with Crippen LogP contribution in [0.15, 0.2) is 28.7 Å². The van der Waals surface area contributed by atoms with Crippen molar-refractivity contribution in [2.24, 2.45) is 0 Å². The summed E-state index contributed by atoms with van der Waals surface area (Å²) in [6.45, 7) is 1.79. The quantitative estimate of drug-likeness (QED) is 0.768. The third kappa shape index (κ3) is 2.14. The minimum Gasteiger partial charge on any atom is -0.441 e. The van der Waals surface area contributed by atoms with Crippen molar-refractivity contribution < 1.29 is 9.21 Å². The van der Waals surface area contributed by atoms with E-state index in [9.17, 15) is 4.79 Å². The summed E-state index contributed by atoms with van der Waals surface area (Å²) in [4.78, 5) is 14.7. The third-order valence-corrected chi connectivity index (χ3v) is 2.48. The first-order valence-corrected chi connectivity index (χ1v) is 5.24. The highest BCUT2D eigenvalue weighted by molar-refractivity contribution is 6.30. The number of aldehydes is 1. The van der Waals surface area contributed by atoms with Gasteiger partial charge in [0.05, 0.1) is 5.69 Å². The Kier molecular flexibility index (Phi) is 3.06. The van der Waals surface area contributed by atoms with E-state index in [4.69, 9.17) is 16.0 Å². The molecule has 0 radical (unpaired) electrons. The van der Waals surface area contributed by atoms with E-state index in [-0.39, 0.29) is 6.42 Å². The fraction of sp³-hybridized carbons (Fsp3) is 0.167. The molecule has 2 rings (SSSR count). The molecule has 0 saturated carbocycles. The van der Waals surface area contributed by atoms with Gasteiger partial charge in [0, 0.05) is 17.0 Å². The van der Waals surface area contributed by atoms with Crippen LogP contribution < -0.4 is 0 Å². The molecule has 0 aliphatic heterocycles. The summed E-state index contributed by atoms with van der Waals surface area (Å²) in [6.07, 6.45) is 1.09. The van der Waals surface area contributed by atoms with Gasteiger partial charge in [-0.2, -0.15) is 0 Å². The van der Waals surface area contributed by atoms with Crippen molar-refractivity contribution in [2.75, 3.05) is 0 Å². The number of oxazole rings is 1. The first kappa shape index (κ1) is 10.9. The Balaban J connectivity index is 2.41. The maximum atomic E-state index is 10.4. The minimum atomic E-state index is 0.274. The van der Waals surface area contributed by atoms with E-state index in [2.05, 4.69) is 4.98 Å². The van der Waals surface area contributed by atoms with Gasteiger partial charge in [-0.05, 0) is 25.1 Å². The molecule has 1 aromatic heterocycles. The second-order valence-corrected chi connectivity index (χ2v) is 3.84. The van der Waals surface area contributed by atoms with Crippen LogP contribution in [-0.4, -0.2) is 11.3 Å². The van der Waals surface area contributed by atoms with Gasteiger partial charge >= 0.3 is 0 Å². The standard InChI is InChI=1S/C12H10ClNO2/c1-8-11(5-6-15)14-12(16-8)9-3-2-4-10(13)7-9/h2-4,6-7H,5H2,1H3. The summed E-state index contributed by atoms with van der Waals surface area (Å²) in [5.41, 5.74) is 1.48. The van der Waals surface area contributed by atoms with Crippen molar-refractivity contribution >= 4 is 17.9 Å².